The van der Waals surface area contributed by atoms with Gasteiger partial charge in [0.25, 0.3) is 0 Å². The second-order valence-electron chi connectivity index (χ2n) is 6.65. The normalized spacial score (nSPS) is 24.2. The molecule has 1 aliphatic carbocycles. The van der Waals surface area contributed by atoms with Crippen molar-refractivity contribution in [1.29, 1.82) is 0 Å². The highest BCUT2D eigenvalue weighted by atomic mass is 14.9. The molecule has 2 aromatic rings. The summed E-state index contributed by atoms with van der Waals surface area (Å²) in [6.07, 6.45) is 2.45. The van der Waals surface area contributed by atoms with Gasteiger partial charge in [-0.15, -0.1) is 0 Å². The van der Waals surface area contributed by atoms with Gasteiger partial charge in [0.05, 0.1) is 0 Å². The average Bonchev–Trinajstić information content (AvgIpc) is 3.21. The molecule has 0 spiro atoms. The third kappa shape index (κ3) is 3.19. The molecule has 0 saturated heterocycles. The number of benzene rings is 2. The maximum Gasteiger partial charge on any atom is 0.00374 e. The van der Waals surface area contributed by atoms with Crippen LogP contribution in [0.3, 0.4) is 0 Å². The molecule has 0 aliphatic heterocycles. The maximum atomic E-state index is 3.62. The third-order valence-corrected chi connectivity index (χ3v) is 4.72. The molecule has 0 bridgehead atoms. The molecule has 21 heavy (non-hydrogen) atoms. The lowest BCUT2D eigenvalue weighted by atomic mass is 9.86. The Morgan fingerprint density at radius 3 is 2.24 bits per heavy atom. The molecule has 110 valence electrons. The largest absolute Gasteiger partial charge is 0.314 e. The first-order valence-corrected chi connectivity index (χ1v) is 8.03. The van der Waals surface area contributed by atoms with Gasteiger partial charge in [0.15, 0.2) is 0 Å². The summed E-state index contributed by atoms with van der Waals surface area (Å²) in [6, 6.07) is 22.6. The van der Waals surface area contributed by atoms with Crippen LogP contribution in [0.2, 0.25) is 0 Å². The third-order valence-electron chi connectivity index (χ3n) is 4.72. The van der Waals surface area contributed by atoms with E-state index < -0.39 is 0 Å². The Labute approximate surface area is 128 Å². The standard InChI is InChI=1S/C20H25N/c1-16(2)21-15-19-14-20(19,18-11-7-4-8-12-18)13-17-9-5-3-6-10-17/h3-12,16,19,21H,13-15H2,1-2H3. The molecule has 0 amide bonds. The fraction of sp³-hybridized carbons (Fsp3) is 0.400. The van der Waals surface area contributed by atoms with Crippen LogP contribution < -0.4 is 5.32 Å². The Hall–Kier alpha value is -1.60. The second kappa shape index (κ2) is 6.03. The molecular formula is C20H25N. The van der Waals surface area contributed by atoms with E-state index in [1.807, 2.05) is 0 Å². The van der Waals surface area contributed by atoms with E-state index in [0.717, 1.165) is 18.9 Å². The van der Waals surface area contributed by atoms with Gasteiger partial charge in [0.1, 0.15) is 0 Å². The molecule has 1 aliphatic rings. The molecular weight excluding hydrogens is 254 g/mol. The Morgan fingerprint density at radius 1 is 1.00 bits per heavy atom. The highest BCUT2D eigenvalue weighted by molar-refractivity contribution is 5.37. The van der Waals surface area contributed by atoms with Crippen molar-refractivity contribution in [3.05, 3.63) is 71.8 Å². The number of hydrogen-bond acceptors (Lipinski definition) is 1. The minimum absolute atomic E-state index is 0.338. The van der Waals surface area contributed by atoms with Gasteiger partial charge in [0, 0.05) is 11.5 Å². The van der Waals surface area contributed by atoms with Crippen LogP contribution in [-0.2, 0) is 11.8 Å². The topological polar surface area (TPSA) is 12.0 Å². The molecule has 2 aromatic carbocycles. The van der Waals surface area contributed by atoms with Crippen molar-refractivity contribution in [1.82, 2.24) is 5.32 Å². The lowest BCUT2D eigenvalue weighted by molar-refractivity contribution is 0.511. The minimum atomic E-state index is 0.338. The van der Waals surface area contributed by atoms with Gasteiger partial charge < -0.3 is 5.32 Å². The van der Waals surface area contributed by atoms with Crippen molar-refractivity contribution in [2.45, 2.75) is 38.1 Å². The maximum absolute atomic E-state index is 3.62. The van der Waals surface area contributed by atoms with Crippen molar-refractivity contribution in [3.8, 4) is 0 Å². The highest BCUT2D eigenvalue weighted by Crippen LogP contribution is 2.56. The average molecular weight is 279 g/mol. The molecule has 1 fully saturated rings. The van der Waals surface area contributed by atoms with Gasteiger partial charge in [0.2, 0.25) is 0 Å². The Balaban J connectivity index is 1.80. The highest BCUT2D eigenvalue weighted by Gasteiger charge is 2.54. The lowest BCUT2D eigenvalue weighted by Crippen LogP contribution is -2.28. The van der Waals surface area contributed by atoms with E-state index in [1.54, 1.807) is 0 Å². The molecule has 0 radical (unpaired) electrons. The zero-order chi connectivity index (χ0) is 14.7. The van der Waals surface area contributed by atoms with Crippen molar-refractivity contribution in [2.75, 3.05) is 6.54 Å². The summed E-state index contributed by atoms with van der Waals surface area (Å²) in [6.45, 7) is 5.58. The van der Waals surface area contributed by atoms with Gasteiger partial charge in [-0.3, -0.25) is 0 Å². The van der Waals surface area contributed by atoms with E-state index in [2.05, 4.69) is 79.8 Å². The van der Waals surface area contributed by atoms with Crippen LogP contribution >= 0.6 is 0 Å². The number of nitrogens with one attached hydrogen (secondary N) is 1. The Morgan fingerprint density at radius 2 is 1.62 bits per heavy atom. The fourth-order valence-corrected chi connectivity index (χ4v) is 3.43. The van der Waals surface area contributed by atoms with E-state index in [1.165, 1.54) is 17.5 Å². The van der Waals surface area contributed by atoms with Crippen LogP contribution in [0.1, 0.15) is 31.4 Å². The predicted octanol–water partition coefficient (Wildman–Crippen LogP) is 4.19. The first-order valence-electron chi connectivity index (χ1n) is 8.03. The van der Waals surface area contributed by atoms with Crippen molar-refractivity contribution < 1.29 is 0 Å². The summed E-state index contributed by atoms with van der Waals surface area (Å²) < 4.78 is 0. The summed E-state index contributed by atoms with van der Waals surface area (Å²) in [5.41, 5.74) is 3.29. The van der Waals surface area contributed by atoms with Gasteiger partial charge in [-0.05, 0) is 36.4 Å². The Kier molecular flexibility index (Phi) is 4.12. The molecule has 2 unspecified atom stereocenters. The van der Waals surface area contributed by atoms with E-state index in [4.69, 9.17) is 0 Å². The summed E-state index contributed by atoms with van der Waals surface area (Å²) in [4.78, 5) is 0. The molecule has 0 heterocycles. The predicted molar refractivity (Wildman–Crippen MR) is 89.5 cm³/mol. The molecule has 1 heteroatoms. The van der Waals surface area contributed by atoms with Gasteiger partial charge in [-0.2, -0.15) is 0 Å². The zero-order valence-corrected chi connectivity index (χ0v) is 13.0. The van der Waals surface area contributed by atoms with Crippen molar-refractivity contribution in [2.24, 2.45) is 5.92 Å². The quantitative estimate of drug-likeness (QED) is 0.836. The summed E-state index contributed by atoms with van der Waals surface area (Å²) in [7, 11) is 0. The summed E-state index contributed by atoms with van der Waals surface area (Å²) in [5.74, 6) is 0.752. The number of rotatable bonds is 6. The zero-order valence-electron chi connectivity index (χ0n) is 13.0. The molecule has 2 atom stereocenters. The second-order valence-corrected chi connectivity index (χ2v) is 6.65. The van der Waals surface area contributed by atoms with Gasteiger partial charge in [-0.1, -0.05) is 74.5 Å². The minimum Gasteiger partial charge on any atom is -0.314 e. The van der Waals surface area contributed by atoms with E-state index in [-0.39, 0.29) is 0 Å². The first kappa shape index (κ1) is 14.3. The van der Waals surface area contributed by atoms with Crippen LogP contribution in [-0.4, -0.2) is 12.6 Å². The first-order chi connectivity index (χ1) is 10.2. The van der Waals surface area contributed by atoms with E-state index in [9.17, 15) is 0 Å². The van der Waals surface area contributed by atoms with Gasteiger partial charge in [-0.25, -0.2) is 0 Å². The lowest BCUT2D eigenvalue weighted by Gasteiger charge is -2.19. The molecule has 1 nitrogen and oxygen atoms in total. The SMILES string of the molecule is CC(C)NCC1CC1(Cc1ccccc1)c1ccccc1. The van der Waals surface area contributed by atoms with Crippen molar-refractivity contribution in [3.63, 3.8) is 0 Å². The van der Waals surface area contributed by atoms with Crippen LogP contribution in [0.4, 0.5) is 0 Å². The van der Waals surface area contributed by atoms with E-state index >= 15 is 0 Å². The molecule has 0 aromatic heterocycles. The van der Waals surface area contributed by atoms with Crippen LogP contribution in [0.25, 0.3) is 0 Å². The molecule has 1 saturated carbocycles. The van der Waals surface area contributed by atoms with Crippen LogP contribution in [0.5, 0.6) is 0 Å². The fourth-order valence-electron chi connectivity index (χ4n) is 3.43. The smallest absolute Gasteiger partial charge is 0.00374 e. The van der Waals surface area contributed by atoms with E-state index in [0.29, 0.717) is 11.5 Å². The van der Waals surface area contributed by atoms with Crippen LogP contribution in [0, 0.1) is 5.92 Å². The summed E-state index contributed by atoms with van der Waals surface area (Å²) in [5, 5.41) is 3.62. The van der Waals surface area contributed by atoms with Crippen molar-refractivity contribution >= 4 is 0 Å². The molecule has 1 N–H and O–H groups in total. The van der Waals surface area contributed by atoms with Gasteiger partial charge >= 0.3 is 0 Å². The Bertz CT molecular complexity index is 561. The summed E-state index contributed by atoms with van der Waals surface area (Å²) >= 11 is 0. The van der Waals surface area contributed by atoms with Crippen LogP contribution in [0.15, 0.2) is 60.7 Å². The molecule has 3 rings (SSSR count). The monoisotopic (exact) mass is 279 g/mol. The number of hydrogen-bond donors (Lipinski definition) is 1.